The maximum atomic E-state index is 6.17. The Balaban J connectivity index is 2.66. The van der Waals surface area contributed by atoms with Crippen molar-refractivity contribution in [2.24, 2.45) is 0 Å². The Kier molecular flexibility index (Phi) is 3.49. The van der Waals surface area contributed by atoms with E-state index in [2.05, 4.69) is 20.8 Å². The average Bonchev–Trinajstić information content (AvgIpc) is 2.37. The molecule has 2 aromatic rings. The summed E-state index contributed by atoms with van der Waals surface area (Å²) in [5, 5.41) is 1.71. The van der Waals surface area contributed by atoms with Crippen LogP contribution >= 0.6 is 11.6 Å². The Morgan fingerprint density at radius 2 is 1.89 bits per heavy atom. The number of fused-ring (bicyclic) bond motifs is 1. The van der Waals surface area contributed by atoms with E-state index in [1.807, 2.05) is 24.3 Å². The lowest BCUT2D eigenvalue weighted by molar-refractivity contribution is 0.429. The van der Waals surface area contributed by atoms with Crippen molar-refractivity contribution in [2.75, 3.05) is 5.73 Å². The third kappa shape index (κ3) is 2.17. The second-order valence-electron chi connectivity index (χ2n) is 5.03. The van der Waals surface area contributed by atoms with Gasteiger partial charge in [0.25, 0.3) is 0 Å². The van der Waals surface area contributed by atoms with Crippen molar-refractivity contribution in [1.82, 2.24) is 4.98 Å². The van der Waals surface area contributed by atoms with Gasteiger partial charge in [0.15, 0.2) is 0 Å². The predicted octanol–water partition coefficient (Wildman–Crippen LogP) is 4.55. The van der Waals surface area contributed by atoms with Gasteiger partial charge in [0, 0.05) is 15.8 Å². The Hall–Kier alpha value is -1.28. The van der Waals surface area contributed by atoms with E-state index in [1.165, 1.54) is 0 Å². The van der Waals surface area contributed by atoms with Crippen LogP contribution < -0.4 is 5.73 Å². The van der Waals surface area contributed by atoms with E-state index in [1.54, 1.807) is 0 Å². The number of hydrogen-bond acceptors (Lipinski definition) is 2. The van der Waals surface area contributed by atoms with Crippen molar-refractivity contribution < 1.29 is 0 Å². The topological polar surface area (TPSA) is 38.9 Å². The molecule has 0 bridgehead atoms. The highest BCUT2D eigenvalue weighted by atomic mass is 35.5. The summed E-state index contributed by atoms with van der Waals surface area (Å²) in [6.45, 7) is 6.57. The molecule has 3 heteroatoms. The lowest BCUT2D eigenvalue weighted by Crippen LogP contribution is -2.23. The maximum Gasteiger partial charge on any atom is 0.0708 e. The Morgan fingerprint density at radius 3 is 2.50 bits per heavy atom. The van der Waals surface area contributed by atoms with Gasteiger partial charge in [-0.25, -0.2) is 0 Å². The Morgan fingerprint density at radius 1 is 1.22 bits per heavy atom. The number of rotatable bonds is 3. The summed E-state index contributed by atoms with van der Waals surface area (Å²) in [6, 6.07) is 7.70. The first kappa shape index (κ1) is 13.2. The van der Waals surface area contributed by atoms with Crippen LogP contribution in [0, 0.1) is 0 Å². The molecule has 1 aromatic heterocycles. The van der Waals surface area contributed by atoms with Crippen LogP contribution in [0.3, 0.4) is 0 Å². The third-order valence-electron chi connectivity index (χ3n) is 3.94. The lowest BCUT2D eigenvalue weighted by atomic mass is 9.80. The van der Waals surface area contributed by atoms with Crippen LogP contribution in [0.25, 0.3) is 10.9 Å². The second-order valence-corrected chi connectivity index (χ2v) is 5.47. The molecule has 0 fully saturated rings. The summed E-state index contributed by atoms with van der Waals surface area (Å²) in [4.78, 5) is 4.75. The molecule has 1 heterocycles. The molecule has 0 atom stereocenters. The fourth-order valence-corrected chi connectivity index (χ4v) is 2.41. The monoisotopic (exact) mass is 262 g/mol. The largest absolute Gasteiger partial charge is 0.397 e. The van der Waals surface area contributed by atoms with Gasteiger partial charge in [0.2, 0.25) is 0 Å². The van der Waals surface area contributed by atoms with E-state index < -0.39 is 0 Å². The molecule has 0 saturated carbocycles. The lowest BCUT2D eigenvalue weighted by Gasteiger charge is -2.27. The summed E-state index contributed by atoms with van der Waals surface area (Å²) >= 11 is 5.99. The molecule has 0 radical (unpaired) electrons. The molecule has 0 aliphatic heterocycles. The molecule has 0 spiro atoms. The summed E-state index contributed by atoms with van der Waals surface area (Å²) in [5.74, 6) is 0. The Bertz CT molecular complexity index is 574. The van der Waals surface area contributed by atoms with Crippen LogP contribution in [-0.4, -0.2) is 4.98 Å². The van der Waals surface area contributed by atoms with Crippen LogP contribution in [0.1, 0.15) is 39.3 Å². The van der Waals surface area contributed by atoms with Gasteiger partial charge < -0.3 is 5.73 Å². The number of nitrogens with zero attached hydrogens (tertiary/aromatic N) is 1. The first-order valence-electron chi connectivity index (χ1n) is 6.36. The summed E-state index contributed by atoms with van der Waals surface area (Å²) < 4.78 is 0. The smallest absolute Gasteiger partial charge is 0.0708 e. The normalized spacial score (nSPS) is 12.0. The van der Waals surface area contributed by atoms with Crippen LogP contribution in [0.15, 0.2) is 24.3 Å². The molecule has 0 aliphatic carbocycles. The highest BCUT2D eigenvalue weighted by Crippen LogP contribution is 2.35. The zero-order valence-electron chi connectivity index (χ0n) is 11.1. The third-order valence-corrected chi connectivity index (χ3v) is 4.17. The van der Waals surface area contributed by atoms with E-state index in [4.69, 9.17) is 22.3 Å². The fraction of sp³-hybridized carbons (Fsp3) is 0.400. The standard InChI is InChI=1S/C15H19ClN2/c1-4-15(3,5-2)14-12(17)9-10-8-11(16)6-7-13(10)18-14/h6-9H,4-5,17H2,1-3H3. The van der Waals surface area contributed by atoms with Gasteiger partial charge in [-0.05, 0) is 37.1 Å². The van der Waals surface area contributed by atoms with Crippen molar-refractivity contribution >= 4 is 28.2 Å². The molecule has 0 saturated heterocycles. The number of benzene rings is 1. The second kappa shape index (κ2) is 4.77. The number of halogens is 1. The maximum absolute atomic E-state index is 6.17. The van der Waals surface area contributed by atoms with Crippen molar-refractivity contribution in [1.29, 1.82) is 0 Å². The van der Waals surface area contributed by atoms with Crippen LogP contribution in [0.2, 0.25) is 5.02 Å². The van der Waals surface area contributed by atoms with Crippen LogP contribution in [0.4, 0.5) is 5.69 Å². The van der Waals surface area contributed by atoms with E-state index in [0.29, 0.717) is 5.02 Å². The molecule has 2 rings (SSSR count). The van der Waals surface area contributed by atoms with E-state index >= 15 is 0 Å². The van der Waals surface area contributed by atoms with Crippen molar-refractivity contribution in [3.63, 3.8) is 0 Å². The highest BCUT2D eigenvalue weighted by Gasteiger charge is 2.26. The van der Waals surface area contributed by atoms with E-state index in [9.17, 15) is 0 Å². The minimum atomic E-state index is 0.0396. The van der Waals surface area contributed by atoms with Gasteiger partial charge in [-0.1, -0.05) is 32.4 Å². The first-order valence-corrected chi connectivity index (χ1v) is 6.74. The van der Waals surface area contributed by atoms with Crippen molar-refractivity contribution in [3.05, 3.63) is 35.0 Å². The number of aromatic nitrogens is 1. The van der Waals surface area contributed by atoms with E-state index in [0.717, 1.165) is 35.1 Å². The highest BCUT2D eigenvalue weighted by molar-refractivity contribution is 6.31. The Labute approximate surface area is 113 Å². The summed E-state index contributed by atoms with van der Waals surface area (Å²) in [7, 11) is 0. The van der Waals surface area contributed by atoms with Gasteiger partial charge in [-0.2, -0.15) is 0 Å². The first-order chi connectivity index (χ1) is 8.50. The molecule has 2 N–H and O–H groups in total. The quantitative estimate of drug-likeness (QED) is 0.881. The number of nitrogen functional groups attached to an aromatic ring is 1. The van der Waals surface area contributed by atoms with Gasteiger partial charge in [0.1, 0.15) is 0 Å². The minimum absolute atomic E-state index is 0.0396. The number of pyridine rings is 1. The molecule has 2 nitrogen and oxygen atoms in total. The molecule has 1 aromatic carbocycles. The van der Waals surface area contributed by atoms with Gasteiger partial charge in [-0.3, -0.25) is 4.98 Å². The fourth-order valence-electron chi connectivity index (χ4n) is 2.23. The minimum Gasteiger partial charge on any atom is -0.397 e. The summed E-state index contributed by atoms with van der Waals surface area (Å²) in [5.41, 5.74) is 8.93. The van der Waals surface area contributed by atoms with Gasteiger partial charge in [-0.15, -0.1) is 0 Å². The van der Waals surface area contributed by atoms with E-state index in [-0.39, 0.29) is 5.41 Å². The predicted molar refractivity (Wildman–Crippen MR) is 79.1 cm³/mol. The number of hydrogen-bond donors (Lipinski definition) is 1. The van der Waals surface area contributed by atoms with Crippen LogP contribution in [-0.2, 0) is 5.41 Å². The molecule has 0 aliphatic rings. The summed E-state index contributed by atoms with van der Waals surface area (Å²) in [6.07, 6.45) is 2.06. The SMILES string of the molecule is CCC(C)(CC)c1nc2ccc(Cl)cc2cc1N. The number of anilines is 1. The zero-order chi connectivity index (χ0) is 13.3. The molecular formula is C15H19ClN2. The van der Waals surface area contributed by atoms with Gasteiger partial charge >= 0.3 is 0 Å². The van der Waals surface area contributed by atoms with Gasteiger partial charge in [0.05, 0.1) is 16.9 Å². The van der Waals surface area contributed by atoms with Crippen molar-refractivity contribution in [2.45, 2.75) is 39.0 Å². The molecule has 0 unspecified atom stereocenters. The molecular weight excluding hydrogens is 244 g/mol. The average molecular weight is 263 g/mol. The number of nitrogens with two attached hydrogens (primary N) is 1. The molecule has 96 valence electrons. The molecule has 18 heavy (non-hydrogen) atoms. The molecule has 0 amide bonds. The van der Waals surface area contributed by atoms with Crippen LogP contribution in [0.5, 0.6) is 0 Å². The zero-order valence-corrected chi connectivity index (χ0v) is 11.9. The van der Waals surface area contributed by atoms with Crippen molar-refractivity contribution in [3.8, 4) is 0 Å².